The second-order valence-electron chi connectivity index (χ2n) is 4.13. The minimum atomic E-state index is -3.28. The van der Waals surface area contributed by atoms with Gasteiger partial charge in [0, 0.05) is 19.6 Å². The van der Waals surface area contributed by atoms with Gasteiger partial charge in [-0.15, -0.1) is 0 Å². The van der Waals surface area contributed by atoms with Crippen LogP contribution in [0.25, 0.3) is 0 Å². The second kappa shape index (κ2) is 5.60. The molecule has 7 heteroatoms. The zero-order chi connectivity index (χ0) is 12.2. The Morgan fingerprint density at radius 3 is 2.75 bits per heavy atom. The number of likely N-dealkylation sites (N-methyl/N-ethyl adjacent to an activating group) is 1. The Bertz CT molecular complexity index is 336. The van der Waals surface area contributed by atoms with Gasteiger partial charge in [0.05, 0.1) is 12.8 Å². The molecule has 0 saturated carbocycles. The lowest BCUT2D eigenvalue weighted by Crippen LogP contribution is -2.48. The normalized spacial score (nSPS) is 22.1. The Morgan fingerprint density at radius 2 is 2.25 bits per heavy atom. The lowest BCUT2D eigenvalue weighted by atomic mass is 10.1. The van der Waals surface area contributed by atoms with Crippen LogP contribution >= 0.6 is 0 Å². The van der Waals surface area contributed by atoms with Crippen LogP contribution in [0.15, 0.2) is 0 Å². The monoisotopic (exact) mass is 249 g/mol. The molecule has 0 aromatic carbocycles. The first kappa shape index (κ1) is 13.4. The highest BCUT2D eigenvalue weighted by molar-refractivity contribution is 7.88. The molecule has 2 N–H and O–H groups in total. The van der Waals surface area contributed by atoms with E-state index in [1.165, 1.54) is 7.05 Å². The number of nitrogens with zero attached hydrogens (tertiary/aromatic N) is 1. The summed E-state index contributed by atoms with van der Waals surface area (Å²) in [6.45, 7) is 1.62. The molecule has 1 heterocycles. The third kappa shape index (κ3) is 4.46. The van der Waals surface area contributed by atoms with Gasteiger partial charge in [-0.1, -0.05) is 0 Å². The zero-order valence-corrected chi connectivity index (χ0v) is 10.5. The standard InChI is InChI=1S/C9H19N3O3S/c1-12(16(2,14)15)7-9(13)11-8-4-3-5-10-6-8/h8,10H,3-7H2,1-2H3,(H,11,13)/t8-/m0/s1. The number of hydrogen-bond donors (Lipinski definition) is 2. The smallest absolute Gasteiger partial charge is 0.235 e. The maximum Gasteiger partial charge on any atom is 0.235 e. The fourth-order valence-corrected chi connectivity index (χ4v) is 1.92. The molecule has 0 spiro atoms. The van der Waals surface area contributed by atoms with Gasteiger partial charge in [-0.05, 0) is 19.4 Å². The average Bonchev–Trinajstić information content (AvgIpc) is 2.17. The van der Waals surface area contributed by atoms with E-state index < -0.39 is 10.0 Å². The van der Waals surface area contributed by atoms with E-state index in [0.717, 1.165) is 36.5 Å². The molecule has 1 atom stereocenters. The van der Waals surface area contributed by atoms with E-state index in [1.807, 2.05) is 0 Å². The first-order valence-corrected chi connectivity index (χ1v) is 7.16. The van der Waals surface area contributed by atoms with Crippen LogP contribution in [0.5, 0.6) is 0 Å². The van der Waals surface area contributed by atoms with Crippen LogP contribution in [-0.2, 0) is 14.8 Å². The molecular weight excluding hydrogens is 230 g/mol. The Balaban J connectivity index is 2.35. The van der Waals surface area contributed by atoms with Crippen molar-refractivity contribution in [3.05, 3.63) is 0 Å². The van der Waals surface area contributed by atoms with E-state index in [-0.39, 0.29) is 18.5 Å². The van der Waals surface area contributed by atoms with Crippen molar-refractivity contribution in [3.63, 3.8) is 0 Å². The molecule has 1 aliphatic heterocycles. The van der Waals surface area contributed by atoms with Gasteiger partial charge in [-0.2, -0.15) is 4.31 Å². The highest BCUT2D eigenvalue weighted by Gasteiger charge is 2.19. The van der Waals surface area contributed by atoms with Crippen molar-refractivity contribution < 1.29 is 13.2 Å². The minimum Gasteiger partial charge on any atom is -0.351 e. The molecule has 0 aliphatic carbocycles. The molecule has 94 valence electrons. The van der Waals surface area contributed by atoms with Crippen LogP contribution in [0.1, 0.15) is 12.8 Å². The van der Waals surface area contributed by atoms with Gasteiger partial charge >= 0.3 is 0 Å². The maximum absolute atomic E-state index is 11.5. The van der Waals surface area contributed by atoms with Crippen molar-refractivity contribution >= 4 is 15.9 Å². The Morgan fingerprint density at radius 1 is 1.56 bits per heavy atom. The SMILES string of the molecule is CN(CC(=O)N[C@H]1CCCNC1)S(C)(=O)=O. The van der Waals surface area contributed by atoms with Gasteiger partial charge in [0.15, 0.2) is 0 Å². The zero-order valence-electron chi connectivity index (χ0n) is 9.69. The summed E-state index contributed by atoms with van der Waals surface area (Å²) >= 11 is 0. The van der Waals surface area contributed by atoms with Crippen molar-refractivity contribution in [1.82, 2.24) is 14.9 Å². The molecule has 6 nitrogen and oxygen atoms in total. The van der Waals surface area contributed by atoms with Crippen molar-refractivity contribution in [3.8, 4) is 0 Å². The van der Waals surface area contributed by atoms with Crippen LogP contribution in [0.2, 0.25) is 0 Å². The Kier molecular flexibility index (Phi) is 4.69. The first-order valence-electron chi connectivity index (χ1n) is 5.31. The number of rotatable bonds is 4. The highest BCUT2D eigenvalue weighted by atomic mass is 32.2. The predicted molar refractivity (Wildman–Crippen MR) is 61.5 cm³/mol. The third-order valence-corrected chi connectivity index (χ3v) is 3.86. The van der Waals surface area contributed by atoms with Gasteiger partial charge in [-0.3, -0.25) is 4.79 Å². The molecule has 1 fully saturated rings. The topological polar surface area (TPSA) is 78.5 Å². The lowest BCUT2D eigenvalue weighted by molar-refractivity contribution is -0.121. The number of amides is 1. The van der Waals surface area contributed by atoms with Crippen molar-refractivity contribution in [1.29, 1.82) is 0 Å². The number of nitrogens with one attached hydrogen (secondary N) is 2. The minimum absolute atomic E-state index is 0.116. The van der Waals surface area contributed by atoms with E-state index in [4.69, 9.17) is 0 Å². The molecule has 0 radical (unpaired) electrons. The molecule has 1 amide bonds. The summed E-state index contributed by atoms with van der Waals surface area (Å²) in [5.74, 6) is -0.248. The molecule has 1 saturated heterocycles. The summed E-state index contributed by atoms with van der Waals surface area (Å²) in [6, 6.07) is 0.120. The largest absolute Gasteiger partial charge is 0.351 e. The number of sulfonamides is 1. The second-order valence-corrected chi connectivity index (χ2v) is 6.22. The quantitative estimate of drug-likeness (QED) is 0.652. The van der Waals surface area contributed by atoms with Crippen molar-refractivity contribution in [2.75, 3.05) is 32.9 Å². The van der Waals surface area contributed by atoms with Crippen LogP contribution in [0, 0.1) is 0 Å². The van der Waals surface area contributed by atoms with Gasteiger partial charge in [0.25, 0.3) is 0 Å². The van der Waals surface area contributed by atoms with Crippen molar-refractivity contribution in [2.45, 2.75) is 18.9 Å². The van der Waals surface area contributed by atoms with Crippen LogP contribution in [0.3, 0.4) is 0 Å². The van der Waals surface area contributed by atoms with E-state index >= 15 is 0 Å². The highest BCUT2D eigenvalue weighted by Crippen LogP contribution is 2.01. The van der Waals surface area contributed by atoms with Crippen LogP contribution in [-0.4, -0.2) is 57.6 Å². The number of hydrogen-bond acceptors (Lipinski definition) is 4. The molecule has 1 rings (SSSR count). The average molecular weight is 249 g/mol. The molecule has 0 aromatic heterocycles. The summed E-state index contributed by atoms with van der Waals surface area (Å²) in [6.07, 6.45) is 3.07. The Labute approximate surface area is 96.4 Å². The first-order chi connectivity index (χ1) is 7.39. The van der Waals surface area contributed by atoms with Gasteiger partial charge in [-0.25, -0.2) is 8.42 Å². The van der Waals surface area contributed by atoms with Crippen LogP contribution < -0.4 is 10.6 Å². The fourth-order valence-electron chi connectivity index (χ4n) is 1.57. The van der Waals surface area contributed by atoms with E-state index in [2.05, 4.69) is 10.6 Å². The van der Waals surface area contributed by atoms with Gasteiger partial charge in [0.1, 0.15) is 0 Å². The summed E-state index contributed by atoms with van der Waals surface area (Å²) in [7, 11) is -1.88. The molecular formula is C9H19N3O3S. The summed E-state index contributed by atoms with van der Waals surface area (Å²) in [5, 5.41) is 5.99. The Hall–Kier alpha value is -0.660. The predicted octanol–water partition coefficient (Wildman–Crippen LogP) is -1.25. The van der Waals surface area contributed by atoms with Crippen LogP contribution in [0.4, 0.5) is 0 Å². The lowest BCUT2D eigenvalue weighted by Gasteiger charge is -2.24. The van der Waals surface area contributed by atoms with Gasteiger partial charge in [0.2, 0.25) is 15.9 Å². The molecule has 1 aliphatic rings. The molecule has 0 aromatic rings. The molecule has 0 bridgehead atoms. The maximum atomic E-state index is 11.5. The number of piperidine rings is 1. The van der Waals surface area contributed by atoms with E-state index in [0.29, 0.717) is 0 Å². The fraction of sp³-hybridized carbons (Fsp3) is 0.889. The van der Waals surface area contributed by atoms with E-state index in [1.54, 1.807) is 0 Å². The molecule has 16 heavy (non-hydrogen) atoms. The van der Waals surface area contributed by atoms with E-state index in [9.17, 15) is 13.2 Å². The summed E-state index contributed by atoms with van der Waals surface area (Å²) in [4.78, 5) is 11.5. The summed E-state index contributed by atoms with van der Waals surface area (Å²) < 4.78 is 23.2. The summed E-state index contributed by atoms with van der Waals surface area (Å²) in [5.41, 5.74) is 0. The number of carbonyl (C=O) groups is 1. The van der Waals surface area contributed by atoms with Gasteiger partial charge < -0.3 is 10.6 Å². The molecule has 0 unspecified atom stereocenters. The number of carbonyl (C=O) groups excluding carboxylic acids is 1. The van der Waals surface area contributed by atoms with Crippen molar-refractivity contribution in [2.24, 2.45) is 0 Å². The third-order valence-electron chi connectivity index (χ3n) is 2.59.